The number of fused-ring (bicyclic) bond motifs is 1. The number of esters is 2. The fourth-order valence-electron chi connectivity index (χ4n) is 8.43. The zero-order valence-corrected chi connectivity index (χ0v) is 30.4. The molecule has 1 unspecified atom stereocenters. The van der Waals surface area contributed by atoms with Crippen molar-refractivity contribution in [2.45, 2.75) is 123 Å². The molecular formula is C45H54O4. The first kappa shape index (κ1) is 34.9. The van der Waals surface area contributed by atoms with Gasteiger partial charge >= 0.3 is 11.9 Å². The van der Waals surface area contributed by atoms with E-state index in [9.17, 15) is 9.59 Å². The van der Waals surface area contributed by atoms with Gasteiger partial charge in [-0.1, -0.05) is 82.9 Å². The van der Waals surface area contributed by atoms with E-state index < -0.39 is 5.60 Å². The Balaban J connectivity index is 1.14. The normalized spacial score (nSPS) is 25.6. The Kier molecular flexibility index (Phi) is 10.6. The summed E-state index contributed by atoms with van der Waals surface area (Å²) in [6, 6.07) is 22.0. The zero-order valence-electron chi connectivity index (χ0n) is 30.4. The number of hydrogen-bond donors (Lipinski definition) is 0. The molecule has 0 heterocycles. The summed E-state index contributed by atoms with van der Waals surface area (Å²) < 4.78 is 12.1. The minimum atomic E-state index is -0.828. The minimum absolute atomic E-state index is 0.0906. The van der Waals surface area contributed by atoms with Crippen LogP contribution in [0, 0.1) is 11.8 Å². The average molecular weight is 659 g/mol. The van der Waals surface area contributed by atoms with Gasteiger partial charge in [0.05, 0.1) is 11.1 Å². The number of rotatable bonds is 8. The molecule has 4 heteroatoms. The molecule has 49 heavy (non-hydrogen) atoms. The lowest BCUT2D eigenvalue weighted by Gasteiger charge is -2.27. The van der Waals surface area contributed by atoms with Crippen molar-refractivity contribution in [1.29, 1.82) is 0 Å². The predicted octanol–water partition coefficient (Wildman–Crippen LogP) is 12.0. The van der Waals surface area contributed by atoms with Crippen LogP contribution in [0.25, 0.3) is 5.57 Å². The van der Waals surface area contributed by atoms with Crippen LogP contribution in [0.15, 0.2) is 84.5 Å². The molecule has 3 aliphatic rings. The van der Waals surface area contributed by atoms with Crippen LogP contribution in [0.5, 0.6) is 5.75 Å². The average Bonchev–Trinajstić information content (AvgIpc) is 3.39. The largest absolute Gasteiger partial charge is 0.452 e. The van der Waals surface area contributed by atoms with Crippen LogP contribution >= 0.6 is 0 Å². The van der Waals surface area contributed by atoms with E-state index in [0.29, 0.717) is 28.7 Å². The maximum atomic E-state index is 13.3. The van der Waals surface area contributed by atoms with Crippen LogP contribution in [0.3, 0.4) is 0 Å². The van der Waals surface area contributed by atoms with Gasteiger partial charge in [-0.2, -0.15) is 0 Å². The van der Waals surface area contributed by atoms with Gasteiger partial charge in [-0.05, 0) is 152 Å². The van der Waals surface area contributed by atoms with Gasteiger partial charge in [-0.3, -0.25) is 0 Å². The molecule has 258 valence electrons. The Labute approximate surface area is 294 Å². The monoisotopic (exact) mass is 658 g/mol. The quantitative estimate of drug-likeness (QED) is 0.178. The molecule has 3 aromatic rings. The molecule has 0 aromatic heterocycles. The fraction of sp³-hybridized carbons (Fsp3) is 0.467. The summed E-state index contributed by atoms with van der Waals surface area (Å²) in [5, 5.41) is 0. The molecule has 0 amide bonds. The first-order valence-corrected chi connectivity index (χ1v) is 18.7. The van der Waals surface area contributed by atoms with E-state index >= 15 is 0 Å². The summed E-state index contributed by atoms with van der Waals surface area (Å²) in [7, 11) is 0. The van der Waals surface area contributed by atoms with Gasteiger partial charge in [0.2, 0.25) is 0 Å². The number of benzene rings is 3. The number of hydrogen-bond acceptors (Lipinski definition) is 4. The van der Waals surface area contributed by atoms with Crippen molar-refractivity contribution in [2.24, 2.45) is 11.8 Å². The number of ether oxygens (including phenoxy) is 2. The molecular weight excluding hydrogens is 604 g/mol. The topological polar surface area (TPSA) is 52.6 Å². The van der Waals surface area contributed by atoms with E-state index in [2.05, 4.69) is 63.3 Å². The van der Waals surface area contributed by atoms with Crippen molar-refractivity contribution in [2.75, 3.05) is 0 Å². The SMILES string of the molecule is C/C=C1\C(=C/C(C)(C)OC(=O)c2ccc(C3CCC(C)CC3)cc2)C(CC)c2cc(OC(=O)c3ccc(C4CCC(C)CC4)cc3)ccc21. The molecule has 3 aliphatic carbocycles. The highest BCUT2D eigenvalue weighted by Gasteiger charge is 2.34. The minimum Gasteiger partial charge on any atom is -0.452 e. The molecule has 3 aromatic carbocycles. The van der Waals surface area contributed by atoms with Crippen LogP contribution in [-0.2, 0) is 4.74 Å². The molecule has 0 bridgehead atoms. The summed E-state index contributed by atoms with van der Waals surface area (Å²) in [6.45, 7) is 12.8. The van der Waals surface area contributed by atoms with E-state index in [4.69, 9.17) is 9.47 Å². The van der Waals surface area contributed by atoms with Gasteiger partial charge < -0.3 is 9.47 Å². The first-order valence-electron chi connectivity index (χ1n) is 18.7. The van der Waals surface area contributed by atoms with Crippen molar-refractivity contribution in [3.63, 3.8) is 0 Å². The second kappa shape index (κ2) is 14.9. The lowest BCUT2D eigenvalue weighted by Crippen LogP contribution is -2.26. The Morgan fingerprint density at radius 1 is 0.735 bits per heavy atom. The van der Waals surface area contributed by atoms with Crippen molar-refractivity contribution in [3.05, 3.63) is 118 Å². The molecule has 2 saturated carbocycles. The third-order valence-electron chi connectivity index (χ3n) is 11.4. The Hall–Kier alpha value is -3.92. The van der Waals surface area contributed by atoms with Gasteiger partial charge in [-0.15, -0.1) is 0 Å². The summed E-state index contributed by atoms with van der Waals surface area (Å²) in [5.74, 6) is 2.78. The van der Waals surface area contributed by atoms with Crippen molar-refractivity contribution in [1.82, 2.24) is 0 Å². The number of carbonyl (C=O) groups is 2. The molecule has 0 aliphatic heterocycles. The Morgan fingerprint density at radius 3 is 1.73 bits per heavy atom. The van der Waals surface area contributed by atoms with Crippen molar-refractivity contribution < 1.29 is 19.1 Å². The molecule has 0 N–H and O–H groups in total. The summed E-state index contributed by atoms with van der Waals surface area (Å²) >= 11 is 0. The van der Waals surface area contributed by atoms with Gasteiger partial charge in [-0.25, -0.2) is 9.59 Å². The molecule has 2 fully saturated rings. The van der Waals surface area contributed by atoms with E-state index in [0.717, 1.165) is 40.5 Å². The highest BCUT2D eigenvalue weighted by Crippen LogP contribution is 2.49. The van der Waals surface area contributed by atoms with E-state index in [1.165, 1.54) is 62.5 Å². The predicted molar refractivity (Wildman–Crippen MR) is 199 cm³/mol. The van der Waals surface area contributed by atoms with E-state index in [1.54, 1.807) is 0 Å². The summed E-state index contributed by atoms with van der Waals surface area (Å²) in [5.41, 5.74) is 7.48. The van der Waals surface area contributed by atoms with Gasteiger partial charge in [0, 0.05) is 5.92 Å². The third-order valence-corrected chi connectivity index (χ3v) is 11.4. The summed E-state index contributed by atoms with van der Waals surface area (Å²) in [4.78, 5) is 26.6. The van der Waals surface area contributed by atoms with Gasteiger partial charge in [0.25, 0.3) is 0 Å². The first-order chi connectivity index (χ1) is 23.5. The third kappa shape index (κ3) is 7.95. The lowest BCUT2D eigenvalue weighted by molar-refractivity contribution is 0.0171. The highest BCUT2D eigenvalue weighted by atomic mass is 16.6. The van der Waals surface area contributed by atoms with Crippen molar-refractivity contribution in [3.8, 4) is 5.75 Å². The molecule has 0 saturated heterocycles. The zero-order chi connectivity index (χ0) is 34.7. The second-order valence-electron chi connectivity index (χ2n) is 15.6. The van der Waals surface area contributed by atoms with Gasteiger partial charge in [0.15, 0.2) is 0 Å². The van der Waals surface area contributed by atoms with Crippen LogP contribution in [0.2, 0.25) is 0 Å². The Bertz CT molecular complexity index is 1690. The smallest absolute Gasteiger partial charge is 0.343 e. The van der Waals surface area contributed by atoms with Crippen molar-refractivity contribution >= 4 is 17.5 Å². The molecule has 6 rings (SSSR count). The highest BCUT2D eigenvalue weighted by molar-refractivity contribution is 5.92. The lowest BCUT2D eigenvalue weighted by atomic mass is 9.79. The number of allylic oxidation sites excluding steroid dienone is 3. The van der Waals surface area contributed by atoms with Crippen LogP contribution in [0.4, 0.5) is 0 Å². The maximum absolute atomic E-state index is 13.3. The molecule has 4 nitrogen and oxygen atoms in total. The van der Waals surface area contributed by atoms with Crippen LogP contribution in [-0.4, -0.2) is 17.5 Å². The van der Waals surface area contributed by atoms with E-state index in [-0.39, 0.29) is 17.9 Å². The van der Waals surface area contributed by atoms with Crippen LogP contribution in [0.1, 0.15) is 160 Å². The standard InChI is InChI=1S/C45H54O4/c1-7-38-40-26-25-37(48-43(46)35-21-17-33(18-22-35)31-13-9-29(3)10-14-31)27-41(40)39(8-2)42(38)28-45(5,6)49-44(47)36-23-19-34(20-24-36)32-15-11-30(4)12-16-32/h7,17-32,39H,8-16H2,1-6H3/b38-7-,42-28+. The van der Waals surface area contributed by atoms with Gasteiger partial charge in [0.1, 0.15) is 11.4 Å². The van der Waals surface area contributed by atoms with E-state index in [1.807, 2.05) is 57.2 Å². The molecule has 0 spiro atoms. The van der Waals surface area contributed by atoms with Crippen LogP contribution < -0.4 is 4.74 Å². The molecule has 0 radical (unpaired) electrons. The summed E-state index contributed by atoms with van der Waals surface area (Å²) in [6.07, 6.45) is 15.1. The maximum Gasteiger partial charge on any atom is 0.343 e. The second-order valence-corrected chi connectivity index (χ2v) is 15.6. The Morgan fingerprint density at radius 2 is 1.24 bits per heavy atom. The number of carbonyl (C=O) groups excluding carboxylic acids is 2. The molecule has 1 atom stereocenters. The fourth-order valence-corrected chi connectivity index (χ4v) is 8.43.